The van der Waals surface area contributed by atoms with Gasteiger partial charge in [0.05, 0.1) is 10.8 Å². The van der Waals surface area contributed by atoms with E-state index in [0.717, 1.165) is 11.8 Å². The zero-order chi connectivity index (χ0) is 13.3. The predicted octanol–water partition coefficient (Wildman–Crippen LogP) is 1.10. The van der Waals surface area contributed by atoms with Crippen molar-refractivity contribution in [1.29, 1.82) is 0 Å². The van der Waals surface area contributed by atoms with E-state index in [1.54, 1.807) is 6.92 Å². The maximum absolute atomic E-state index is 12.4. The third kappa shape index (κ3) is 3.60. The fourth-order valence-corrected chi connectivity index (χ4v) is 2.39. The number of aliphatic hydroxyl groups is 1. The summed E-state index contributed by atoms with van der Waals surface area (Å²) in [6.45, 7) is 1.64. The first kappa shape index (κ1) is 14.3. The standard InChI is InChI=1S/C9H12F3N2O2S/c1-5(2-6(13)15)3-7-14-8(16,4-17-7)9(10,11)12/h3,5,16H,2,4H2,1H3,(H2,13,15)/t5-,8?/m1/s1. The van der Waals surface area contributed by atoms with Gasteiger partial charge in [0.2, 0.25) is 5.91 Å². The molecule has 0 bridgehead atoms. The molecule has 1 amide bonds. The second kappa shape index (κ2) is 4.85. The van der Waals surface area contributed by atoms with E-state index in [0.29, 0.717) is 0 Å². The Morgan fingerprint density at radius 3 is 2.76 bits per heavy atom. The molecular weight excluding hydrogens is 257 g/mol. The Morgan fingerprint density at radius 2 is 2.35 bits per heavy atom. The third-order valence-electron chi connectivity index (χ3n) is 2.12. The Hall–Kier alpha value is -0.760. The molecule has 0 aliphatic carbocycles. The summed E-state index contributed by atoms with van der Waals surface area (Å²) in [5.74, 6) is -1.41. The molecule has 1 unspecified atom stereocenters. The van der Waals surface area contributed by atoms with Crippen molar-refractivity contribution in [2.24, 2.45) is 16.6 Å². The molecule has 0 spiro atoms. The van der Waals surface area contributed by atoms with Crippen molar-refractivity contribution in [3.8, 4) is 0 Å². The van der Waals surface area contributed by atoms with E-state index in [2.05, 4.69) is 4.99 Å². The van der Waals surface area contributed by atoms with Crippen molar-refractivity contribution in [3.05, 3.63) is 6.42 Å². The molecule has 1 heterocycles. The van der Waals surface area contributed by atoms with Gasteiger partial charge in [-0.25, -0.2) is 4.99 Å². The average molecular weight is 269 g/mol. The van der Waals surface area contributed by atoms with Gasteiger partial charge in [0.25, 0.3) is 5.72 Å². The Morgan fingerprint density at radius 1 is 1.76 bits per heavy atom. The maximum atomic E-state index is 12.4. The van der Waals surface area contributed by atoms with Crippen LogP contribution < -0.4 is 5.73 Å². The van der Waals surface area contributed by atoms with Crippen LogP contribution in [0.25, 0.3) is 0 Å². The maximum Gasteiger partial charge on any atom is 0.439 e. The molecule has 1 aliphatic heterocycles. The SMILES string of the molecule is C[C@@H]([CH]C1=NC(O)(C(F)(F)F)CS1)CC(N)=O. The van der Waals surface area contributed by atoms with E-state index >= 15 is 0 Å². The monoisotopic (exact) mass is 269 g/mol. The number of halogens is 3. The molecule has 3 N–H and O–H groups in total. The van der Waals surface area contributed by atoms with Gasteiger partial charge in [0, 0.05) is 12.8 Å². The number of aliphatic imine (C=N–C) groups is 1. The summed E-state index contributed by atoms with van der Waals surface area (Å²) >= 11 is 0.804. The predicted molar refractivity (Wildman–Crippen MR) is 58.2 cm³/mol. The minimum Gasteiger partial charge on any atom is -0.370 e. The molecule has 0 aromatic heterocycles. The number of carbonyl (C=O) groups excluding carboxylic acids is 1. The van der Waals surface area contributed by atoms with Gasteiger partial charge in [-0.3, -0.25) is 4.79 Å². The van der Waals surface area contributed by atoms with Crippen LogP contribution in [0.2, 0.25) is 0 Å². The molecule has 2 atom stereocenters. The number of primary amides is 1. The summed E-state index contributed by atoms with van der Waals surface area (Å²) in [6, 6.07) is 0. The van der Waals surface area contributed by atoms with Gasteiger partial charge in [-0.2, -0.15) is 13.2 Å². The average Bonchev–Trinajstić information content (AvgIpc) is 2.45. The number of alkyl halides is 3. The van der Waals surface area contributed by atoms with Crippen LogP contribution in [-0.4, -0.2) is 33.7 Å². The second-order valence-corrected chi connectivity index (χ2v) is 4.86. The molecule has 1 radical (unpaired) electrons. The third-order valence-corrected chi connectivity index (χ3v) is 3.19. The van der Waals surface area contributed by atoms with Crippen molar-refractivity contribution >= 4 is 22.7 Å². The quantitative estimate of drug-likeness (QED) is 0.802. The minimum atomic E-state index is -4.79. The first-order valence-electron chi connectivity index (χ1n) is 4.79. The van der Waals surface area contributed by atoms with Gasteiger partial charge in [-0.15, -0.1) is 11.8 Å². The molecular formula is C9H12F3N2O2S. The summed E-state index contributed by atoms with van der Waals surface area (Å²) in [5, 5.41) is 9.33. The Kier molecular flexibility index (Phi) is 4.08. The number of carbonyl (C=O) groups is 1. The van der Waals surface area contributed by atoms with Gasteiger partial charge in [0.15, 0.2) is 0 Å². The summed E-state index contributed by atoms with van der Waals surface area (Å²) in [7, 11) is 0. The number of hydrogen-bond donors (Lipinski definition) is 2. The largest absolute Gasteiger partial charge is 0.439 e. The van der Waals surface area contributed by atoms with Gasteiger partial charge in [-0.1, -0.05) is 6.92 Å². The molecule has 0 aromatic rings. The van der Waals surface area contributed by atoms with Crippen molar-refractivity contribution in [1.82, 2.24) is 0 Å². The number of nitrogens with two attached hydrogens (primary N) is 1. The van der Waals surface area contributed by atoms with E-state index in [1.807, 2.05) is 0 Å². The highest BCUT2D eigenvalue weighted by Gasteiger charge is 2.56. The molecule has 8 heteroatoms. The van der Waals surface area contributed by atoms with Crippen LogP contribution >= 0.6 is 11.8 Å². The lowest BCUT2D eigenvalue weighted by Gasteiger charge is -2.21. The normalized spacial score (nSPS) is 26.8. The number of thioether (sulfide) groups is 1. The topological polar surface area (TPSA) is 75.7 Å². The lowest BCUT2D eigenvalue weighted by molar-refractivity contribution is -0.245. The zero-order valence-electron chi connectivity index (χ0n) is 8.99. The molecule has 0 saturated carbocycles. The summed E-state index contributed by atoms with van der Waals surface area (Å²) < 4.78 is 37.2. The highest BCUT2D eigenvalue weighted by molar-refractivity contribution is 8.14. The second-order valence-electron chi connectivity index (χ2n) is 3.87. The minimum absolute atomic E-state index is 0.0318. The number of hydrogen-bond acceptors (Lipinski definition) is 4. The molecule has 0 saturated heterocycles. The van der Waals surface area contributed by atoms with Gasteiger partial charge >= 0.3 is 6.18 Å². The molecule has 1 rings (SSSR count). The first-order chi connectivity index (χ1) is 7.64. The fraction of sp³-hybridized carbons (Fsp3) is 0.667. The van der Waals surface area contributed by atoms with Crippen LogP contribution in [0.5, 0.6) is 0 Å². The first-order valence-corrected chi connectivity index (χ1v) is 5.77. The lowest BCUT2D eigenvalue weighted by atomic mass is 10.0. The van der Waals surface area contributed by atoms with Gasteiger partial charge in [-0.05, 0) is 5.92 Å². The number of nitrogens with zero attached hydrogens (tertiary/aromatic N) is 1. The highest BCUT2D eigenvalue weighted by Crippen LogP contribution is 2.40. The van der Waals surface area contributed by atoms with Crippen molar-refractivity contribution in [2.45, 2.75) is 25.2 Å². The highest BCUT2D eigenvalue weighted by atomic mass is 32.2. The smallest absolute Gasteiger partial charge is 0.370 e. The Balaban J connectivity index is 2.64. The van der Waals surface area contributed by atoms with E-state index in [4.69, 9.17) is 5.73 Å². The summed E-state index contributed by atoms with van der Waals surface area (Å²) in [6.07, 6.45) is -3.36. The number of rotatable bonds is 4. The molecule has 0 fully saturated rings. The molecule has 0 aromatic carbocycles. The number of amides is 1. The van der Waals surface area contributed by atoms with Crippen LogP contribution in [0.4, 0.5) is 13.2 Å². The van der Waals surface area contributed by atoms with Crippen LogP contribution in [-0.2, 0) is 4.79 Å². The molecule has 4 nitrogen and oxygen atoms in total. The van der Waals surface area contributed by atoms with E-state index in [9.17, 15) is 23.1 Å². The summed E-state index contributed by atoms with van der Waals surface area (Å²) in [5.41, 5.74) is 1.94. The van der Waals surface area contributed by atoms with E-state index in [1.165, 1.54) is 6.42 Å². The van der Waals surface area contributed by atoms with Crippen molar-refractivity contribution in [3.63, 3.8) is 0 Å². The molecule has 1 aliphatic rings. The van der Waals surface area contributed by atoms with Gasteiger partial charge in [0.1, 0.15) is 0 Å². The molecule has 97 valence electrons. The Labute approximate surface area is 100 Å². The van der Waals surface area contributed by atoms with Crippen molar-refractivity contribution < 1.29 is 23.1 Å². The van der Waals surface area contributed by atoms with Crippen LogP contribution in [0.15, 0.2) is 4.99 Å². The Bertz CT molecular complexity index is 346. The van der Waals surface area contributed by atoms with Crippen LogP contribution in [0.3, 0.4) is 0 Å². The lowest BCUT2D eigenvalue weighted by Crippen LogP contribution is -2.43. The van der Waals surface area contributed by atoms with Crippen LogP contribution in [0, 0.1) is 12.3 Å². The molecule has 17 heavy (non-hydrogen) atoms. The summed E-state index contributed by atoms with van der Waals surface area (Å²) in [4.78, 5) is 13.8. The van der Waals surface area contributed by atoms with Gasteiger partial charge < -0.3 is 10.8 Å². The van der Waals surface area contributed by atoms with E-state index in [-0.39, 0.29) is 17.4 Å². The van der Waals surface area contributed by atoms with E-state index < -0.39 is 23.6 Å². The fourth-order valence-electron chi connectivity index (χ4n) is 1.27. The van der Waals surface area contributed by atoms with Crippen LogP contribution in [0.1, 0.15) is 13.3 Å². The van der Waals surface area contributed by atoms with Crippen molar-refractivity contribution in [2.75, 3.05) is 5.75 Å². The zero-order valence-corrected chi connectivity index (χ0v) is 9.81.